The van der Waals surface area contributed by atoms with Crippen LogP contribution in [0.3, 0.4) is 0 Å². The van der Waals surface area contributed by atoms with Crippen LogP contribution >= 0.6 is 12.4 Å². The van der Waals surface area contributed by atoms with E-state index in [1.165, 1.54) is 48.5 Å². The fourth-order valence-electron chi connectivity index (χ4n) is 3.20. The molecule has 32 heavy (non-hydrogen) atoms. The van der Waals surface area contributed by atoms with Crippen molar-refractivity contribution in [3.63, 3.8) is 0 Å². The maximum atomic E-state index is 13.1. The maximum absolute atomic E-state index is 13.1. The second-order valence-corrected chi connectivity index (χ2v) is 7.27. The summed E-state index contributed by atoms with van der Waals surface area (Å²) in [5.41, 5.74) is 0.964. The number of benzene rings is 2. The van der Waals surface area contributed by atoms with Crippen molar-refractivity contribution in [1.82, 2.24) is 9.80 Å². The van der Waals surface area contributed by atoms with Gasteiger partial charge in [-0.25, -0.2) is 8.78 Å². The molecule has 0 bridgehead atoms. The summed E-state index contributed by atoms with van der Waals surface area (Å²) in [5, 5.41) is 5.42. The summed E-state index contributed by atoms with van der Waals surface area (Å²) in [6.45, 7) is 4.13. The van der Waals surface area contributed by atoms with Crippen molar-refractivity contribution in [3.8, 4) is 0 Å². The monoisotopic (exact) mass is 468 g/mol. The predicted octanol–water partition coefficient (Wildman–Crippen LogP) is 2.60. The van der Waals surface area contributed by atoms with Gasteiger partial charge in [0, 0.05) is 37.6 Å². The van der Waals surface area contributed by atoms with E-state index in [0.29, 0.717) is 37.7 Å². The summed E-state index contributed by atoms with van der Waals surface area (Å²) in [5.74, 6) is -1.38. The van der Waals surface area contributed by atoms with Crippen molar-refractivity contribution >= 4 is 35.6 Å². The third-order valence-corrected chi connectivity index (χ3v) is 4.83. The summed E-state index contributed by atoms with van der Waals surface area (Å²) in [6, 6.07) is 11.0. The van der Waals surface area contributed by atoms with Gasteiger partial charge in [0.05, 0.1) is 26.3 Å². The molecule has 0 radical (unpaired) electrons. The van der Waals surface area contributed by atoms with E-state index in [2.05, 4.69) is 15.5 Å². The zero-order valence-electron chi connectivity index (χ0n) is 17.6. The molecule has 1 aliphatic rings. The molecule has 0 atom stereocenters. The van der Waals surface area contributed by atoms with Gasteiger partial charge in [0.25, 0.3) is 0 Å². The molecule has 0 aromatic heterocycles. The van der Waals surface area contributed by atoms with Crippen molar-refractivity contribution in [3.05, 3.63) is 60.2 Å². The molecule has 7 nitrogen and oxygen atoms in total. The number of carbonyl (C=O) groups is 2. The number of carbonyl (C=O) groups excluding carboxylic acids is 2. The Morgan fingerprint density at radius 1 is 0.844 bits per heavy atom. The van der Waals surface area contributed by atoms with Gasteiger partial charge in [0.15, 0.2) is 0 Å². The summed E-state index contributed by atoms with van der Waals surface area (Å²) in [6.07, 6.45) is 0. The minimum absolute atomic E-state index is 0. The molecule has 0 spiro atoms. The minimum atomic E-state index is -0.386. The van der Waals surface area contributed by atoms with Gasteiger partial charge in [-0.1, -0.05) is 0 Å². The molecule has 0 aliphatic carbocycles. The van der Waals surface area contributed by atoms with E-state index in [4.69, 9.17) is 4.74 Å². The van der Waals surface area contributed by atoms with Gasteiger partial charge >= 0.3 is 0 Å². The zero-order chi connectivity index (χ0) is 22.1. The molecule has 1 fully saturated rings. The molecule has 2 aromatic carbocycles. The van der Waals surface area contributed by atoms with Crippen LogP contribution in [0.1, 0.15) is 0 Å². The van der Waals surface area contributed by atoms with Crippen LogP contribution in [0.5, 0.6) is 0 Å². The van der Waals surface area contributed by atoms with E-state index in [9.17, 15) is 18.4 Å². The van der Waals surface area contributed by atoms with Crippen molar-refractivity contribution in [1.29, 1.82) is 0 Å². The number of halogens is 3. The highest BCUT2D eigenvalue weighted by Gasteiger charge is 2.18. The molecule has 10 heteroatoms. The molecule has 0 unspecified atom stereocenters. The lowest BCUT2D eigenvalue weighted by atomic mass is 10.3. The van der Waals surface area contributed by atoms with Crippen molar-refractivity contribution < 1.29 is 23.1 Å². The van der Waals surface area contributed by atoms with Crippen LogP contribution in [0.4, 0.5) is 20.2 Å². The maximum Gasteiger partial charge on any atom is 0.238 e. The summed E-state index contributed by atoms with van der Waals surface area (Å²) >= 11 is 0. The van der Waals surface area contributed by atoms with Gasteiger partial charge in [-0.15, -0.1) is 12.4 Å². The van der Waals surface area contributed by atoms with Crippen LogP contribution in [-0.4, -0.2) is 74.1 Å². The first kappa shape index (κ1) is 25.7. The van der Waals surface area contributed by atoms with Crippen LogP contribution in [-0.2, 0) is 14.3 Å². The van der Waals surface area contributed by atoms with E-state index in [1.807, 2.05) is 0 Å². The van der Waals surface area contributed by atoms with Gasteiger partial charge in [-0.2, -0.15) is 0 Å². The van der Waals surface area contributed by atoms with E-state index in [-0.39, 0.29) is 48.9 Å². The van der Waals surface area contributed by atoms with E-state index < -0.39 is 0 Å². The smallest absolute Gasteiger partial charge is 0.238 e. The Balaban J connectivity index is 0.00000363. The van der Waals surface area contributed by atoms with Gasteiger partial charge in [0.2, 0.25) is 11.8 Å². The zero-order valence-corrected chi connectivity index (χ0v) is 18.4. The Morgan fingerprint density at radius 3 is 1.72 bits per heavy atom. The Bertz CT molecular complexity index is 801. The number of nitrogens with zero attached hydrogens (tertiary/aromatic N) is 2. The molecule has 0 saturated carbocycles. The number of ether oxygens (including phenoxy) is 1. The fourth-order valence-corrected chi connectivity index (χ4v) is 3.20. The van der Waals surface area contributed by atoms with Crippen LogP contribution in [0.15, 0.2) is 48.5 Å². The summed E-state index contributed by atoms with van der Waals surface area (Å²) in [7, 11) is 0. The lowest BCUT2D eigenvalue weighted by molar-refractivity contribution is -0.120. The highest BCUT2D eigenvalue weighted by atomic mass is 35.5. The molecular formula is C22H27ClF2N4O3. The van der Waals surface area contributed by atoms with E-state index in [0.717, 1.165) is 13.1 Å². The first-order chi connectivity index (χ1) is 15.0. The van der Waals surface area contributed by atoms with Gasteiger partial charge in [-0.3, -0.25) is 19.4 Å². The highest BCUT2D eigenvalue weighted by Crippen LogP contribution is 2.10. The van der Waals surface area contributed by atoms with Gasteiger partial charge in [0.1, 0.15) is 11.6 Å². The quantitative estimate of drug-likeness (QED) is 0.592. The third-order valence-electron chi connectivity index (χ3n) is 4.83. The second-order valence-electron chi connectivity index (χ2n) is 7.27. The van der Waals surface area contributed by atoms with Gasteiger partial charge < -0.3 is 15.4 Å². The summed E-state index contributed by atoms with van der Waals surface area (Å²) < 4.78 is 31.5. The Labute approximate surface area is 192 Å². The molecule has 3 rings (SSSR count). The van der Waals surface area contributed by atoms with Crippen LogP contribution < -0.4 is 10.6 Å². The minimum Gasteiger partial charge on any atom is -0.379 e. The second kappa shape index (κ2) is 13.1. The average molecular weight is 469 g/mol. The fraction of sp³-hybridized carbons (Fsp3) is 0.364. The normalized spacial score (nSPS) is 14.0. The number of morpholine rings is 1. The largest absolute Gasteiger partial charge is 0.379 e. The van der Waals surface area contributed by atoms with Gasteiger partial charge in [-0.05, 0) is 48.5 Å². The van der Waals surface area contributed by atoms with Crippen LogP contribution in [0.25, 0.3) is 0 Å². The lowest BCUT2D eigenvalue weighted by Gasteiger charge is -2.29. The van der Waals surface area contributed by atoms with Crippen molar-refractivity contribution in [2.75, 3.05) is 63.1 Å². The molecule has 2 N–H and O–H groups in total. The number of hydrogen-bond donors (Lipinski definition) is 2. The van der Waals surface area contributed by atoms with Crippen LogP contribution in [0.2, 0.25) is 0 Å². The Hall–Kier alpha value is -2.59. The highest BCUT2D eigenvalue weighted by molar-refractivity contribution is 5.94. The first-order valence-electron chi connectivity index (χ1n) is 10.1. The number of hydrogen-bond acceptors (Lipinski definition) is 5. The Kier molecular flexibility index (Phi) is 10.5. The number of amides is 2. The van der Waals surface area contributed by atoms with Crippen LogP contribution in [0, 0.1) is 11.6 Å². The topological polar surface area (TPSA) is 73.9 Å². The molecule has 2 amide bonds. The predicted molar refractivity (Wildman–Crippen MR) is 121 cm³/mol. The number of rotatable bonds is 9. The molecule has 1 saturated heterocycles. The van der Waals surface area contributed by atoms with Crippen molar-refractivity contribution in [2.45, 2.75) is 0 Å². The first-order valence-corrected chi connectivity index (χ1v) is 10.1. The number of anilines is 2. The molecular weight excluding hydrogens is 442 g/mol. The Morgan fingerprint density at radius 2 is 1.28 bits per heavy atom. The molecule has 174 valence electrons. The molecule has 1 heterocycles. The average Bonchev–Trinajstić information content (AvgIpc) is 2.76. The van der Waals surface area contributed by atoms with E-state index >= 15 is 0 Å². The van der Waals surface area contributed by atoms with E-state index in [1.54, 1.807) is 4.90 Å². The number of nitrogens with one attached hydrogen (secondary N) is 2. The lowest BCUT2D eigenvalue weighted by Crippen LogP contribution is -2.45. The third kappa shape index (κ3) is 8.88. The van der Waals surface area contributed by atoms with Crippen molar-refractivity contribution in [2.24, 2.45) is 0 Å². The SMILES string of the molecule is Cl.O=C(CN(CCN1CCOCC1)CC(=O)Nc1ccc(F)cc1)Nc1ccc(F)cc1. The molecule has 2 aromatic rings. The standard InChI is InChI=1S/C22H26F2N4O3.ClH/c23-17-1-5-19(6-2-17)25-21(29)15-28(10-9-27-11-13-31-14-12-27)16-22(30)26-20-7-3-18(24)4-8-20;/h1-8H,9-16H2,(H,25,29)(H,26,30);1H. The summed E-state index contributed by atoms with van der Waals surface area (Å²) in [4.78, 5) is 28.9. The molecule has 1 aliphatic heterocycles.